The molecule has 0 bridgehead atoms. The second kappa shape index (κ2) is 8.55. The van der Waals surface area contributed by atoms with E-state index in [4.69, 9.17) is 4.98 Å². The number of carbonyl (C=O) groups is 1. The molecule has 0 unspecified atom stereocenters. The molecule has 9 nitrogen and oxygen atoms in total. The molecule has 34 heavy (non-hydrogen) atoms. The molecule has 0 aromatic carbocycles. The van der Waals surface area contributed by atoms with Crippen molar-refractivity contribution < 1.29 is 17.6 Å². The Balaban J connectivity index is 1.75. The smallest absolute Gasteiger partial charge is 0.261 e. The number of fused-ring (bicyclic) bond motifs is 1. The first-order valence-corrected chi connectivity index (χ1v) is 12.4. The quantitative estimate of drug-likeness (QED) is 0.509. The molecular weight excluding hydrogens is 459 g/mol. The summed E-state index contributed by atoms with van der Waals surface area (Å²) in [4.78, 5) is 24.1. The van der Waals surface area contributed by atoms with Crippen LogP contribution in [0.15, 0.2) is 36.9 Å². The average molecular weight is 487 g/mol. The van der Waals surface area contributed by atoms with Crippen LogP contribution in [0.3, 0.4) is 0 Å². The molecule has 0 spiro atoms. The van der Waals surface area contributed by atoms with Gasteiger partial charge >= 0.3 is 0 Å². The third kappa shape index (κ3) is 4.09. The van der Waals surface area contributed by atoms with Crippen LogP contribution in [-0.4, -0.2) is 59.1 Å². The second-order valence-electron chi connectivity index (χ2n) is 9.02. The predicted octanol–water partition coefficient (Wildman–Crippen LogP) is 2.90. The zero-order chi connectivity index (χ0) is 24.8. The second-order valence-corrected chi connectivity index (χ2v) is 11.2. The molecular formula is C23H27FN6O3S. The Morgan fingerprint density at radius 3 is 2.56 bits per heavy atom. The first-order valence-electron chi connectivity index (χ1n) is 10.8. The summed E-state index contributed by atoms with van der Waals surface area (Å²) >= 11 is 0. The van der Waals surface area contributed by atoms with Crippen molar-refractivity contribution in [1.82, 2.24) is 24.1 Å². The van der Waals surface area contributed by atoms with Crippen molar-refractivity contribution in [3.05, 3.63) is 59.3 Å². The Kier molecular flexibility index (Phi) is 6.03. The minimum Gasteiger partial charge on any atom is -0.294 e. The maximum Gasteiger partial charge on any atom is 0.261 e. The van der Waals surface area contributed by atoms with Gasteiger partial charge in [-0.3, -0.25) is 19.4 Å². The molecule has 11 heteroatoms. The number of amides is 1. The summed E-state index contributed by atoms with van der Waals surface area (Å²) in [6.45, 7) is 5.22. The first-order chi connectivity index (χ1) is 16.0. The summed E-state index contributed by atoms with van der Waals surface area (Å²) in [6.07, 6.45) is 6.35. The molecule has 0 radical (unpaired) electrons. The Morgan fingerprint density at radius 1 is 1.15 bits per heavy atom. The standard InChI is InChI=1S/C23H27FN6O3S/c1-15-8-19(17-9-16(10-25-11-17)14-34(32,33)28(4)5)27-21-20(15)22(31)30(23(21,2)3)18-12-26-29(13-18)7-6-24/h8-13H,6-7,14H2,1-5H3. The van der Waals surface area contributed by atoms with E-state index in [1.165, 1.54) is 29.3 Å². The van der Waals surface area contributed by atoms with Gasteiger partial charge < -0.3 is 0 Å². The van der Waals surface area contributed by atoms with Crippen LogP contribution in [0, 0.1) is 6.92 Å². The zero-order valence-corrected chi connectivity index (χ0v) is 20.6. The average Bonchev–Trinajstić information content (AvgIpc) is 3.28. The van der Waals surface area contributed by atoms with Crippen molar-refractivity contribution in [2.45, 2.75) is 38.6 Å². The monoisotopic (exact) mass is 486 g/mol. The Labute approximate surface area is 198 Å². The van der Waals surface area contributed by atoms with Crippen LogP contribution in [0.25, 0.3) is 11.3 Å². The lowest BCUT2D eigenvalue weighted by molar-refractivity contribution is 0.0981. The van der Waals surface area contributed by atoms with E-state index in [0.29, 0.717) is 33.8 Å². The fraction of sp³-hybridized carbons (Fsp3) is 0.391. The van der Waals surface area contributed by atoms with E-state index < -0.39 is 22.2 Å². The number of rotatable bonds is 7. The van der Waals surface area contributed by atoms with Gasteiger partial charge in [-0.15, -0.1) is 0 Å². The number of aryl methyl sites for hydroxylation is 2. The highest BCUT2D eigenvalue weighted by Crippen LogP contribution is 2.43. The molecule has 0 saturated carbocycles. The van der Waals surface area contributed by atoms with Crippen molar-refractivity contribution >= 4 is 21.6 Å². The van der Waals surface area contributed by atoms with Crippen LogP contribution in [0.4, 0.5) is 10.1 Å². The lowest BCUT2D eigenvalue weighted by atomic mass is 9.96. The van der Waals surface area contributed by atoms with Gasteiger partial charge in [0.25, 0.3) is 5.91 Å². The highest BCUT2D eigenvalue weighted by molar-refractivity contribution is 7.88. The Hall–Kier alpha value is -3.18. The third-order valence-electron chi connectivity index (χ3n) is 5.96. The topological polar surface area (TPSA) is 101 Å². The molecule has 0 aliphatic carbocycles. The van der Waals surface area contributed by atoms with E-state index in [0.717, 1.165) is 5.56 Å². The number of aromatic nitrogens is 4. The lowest BCUT2D eigenvalue weighted by Gasteiger charge is -2.30. The molecule has 180 valence electrons. The summed E-state index contributed by atoms with van der Waals surface area (Å²) in [5.74, 6) is -0.369. The van der Waals surface area contributed by atoms with Gasteiger partial charge in [0.05, 0.1) is 46.7 Å². The van der Waals surface area contributed by atoms with E-state index in [-0.39, 0.29) is 18.2 Å². The number of anilines is 1. The number of sulfonamides is 1. The number of halogens is 1. The van der Waals surface area contributed by atoms with Crippen LogP contribution in [0.1, 0.15) is 41.0 Å². The van der Waals surface area contributed by atoms with Gasteiger partial charge in [-0.2, -0.15) is 5.10 Å². The first kappa shape index (κ1) is 24.0. The molecule has 0 atom stereocenters. The summed E-state index contributed by atoms with van der Waals surface area (Å²) in [5.41, 5.74) is 3.48. The third-order valence-corrected chi connectivity index (χ3v) is 7.77. The van der Waals surface area contributed by atoms with Gasteiger partial charge in [0, 0.05) is 38.2 Å². The fourth-order valence-corrected chi connectivity index (χ4v) is 5.01. The van der Waals surface area contributed by atoms with Crippen LogP contribution in [0.2, 0.25) is 0 Å². The van der Waals surface area contributed by atoms with E-state index >= 15 is 0 Å². The number of hydrogen-bond acceptors (Lipinski definition) is 6. The van der Waals surface area contributed by atoms with Crippen LogP contribution in [-0.2, 0) is 27.9 Å². The number of pyridine rings is 2. The molecule has 4 rings (SSSR count). The molecule has 3 aromatic heterocycles. The molecule has 0 N–H and O–H groups in total. The molecule has 1 amide bonds. The van der Waals surface area contributed by atoms with Crippen molar-refractivity contribution in [2.24, 2.45) is 0 Å². The molecule has 0 saturated heterocycles. The van der Waals surface area contributed by atoms with Gasteiger partial charge in [-0.1, -0.05) is 0 Å². The van der Waals surface area contributed by atoms with Crippen LogP contribution < -0.4 is 4.90 Å². The maximum atomic E-state index is 13.4. The van der Waals surface area contributed by atoms with Gasteiger partial charge in [0.1, 0.15) is 6.67 Å². The van der Waals surface area contributed by atoms with E-state index in [1.807, 2.05) is 26.8 Å². The summed E-state index contributed by atoms with van der Waals surface area (Å²) in [5, 5.41) is 4.15. The maximum absolute atomic E-state index is 13.4. The minimum atomic E-state index is -3.44. The number of nitrogens with zero attached hydrogens (tertiary/aromatic N) is 6. The van der Waals surface area contributed by atoms with Crippen molar-refractivity contribution in [3.63, 3.8) is 0 Å². The van der Waals surface area contributed by atoms with Crippen LogP contribution in [0.5, 0.6) is 0 Å². The van der Waals surface area contributed by atoms with E-state index in [2.05, 4.69) is 10.1 Å². The normalized spacial score (nSPS) is 15.3. The van der Waals surface area contributed by atoms with Gasteiger partial charge in [0.2, 0.25) is 10.0 Å². The molecule has 3 aromatic rings. The molecule has 1 aliphatic heterocycles. The zero-order valence-electron chi connectivity index (χ0n) is 19.8. The molecule has 0 fully saturated rings. The van der Waals surface area contributed by atoms with Crippen LogP contribution >= 0.6 is 0 Å². The highest BCUT2D eigenvalue weighted by atomic mass is 32.2. The van der Waals surface area contributed by atoms with Gasteiger partial charge in [0.15, 0.2) is 0 Å². The molecule has 4 heterocycles. The van der Waals surface area contributed by atoms with Gasteiger partial charge in [-0.05, 0) is 44.0 Å². The highest BCUT2D eigenvalue weighted by Gasteiger charge is 2.47. The minimum absolute atomic E-state index is 0.115. The SMILES string of the molecule is Cc1cc(-c2cncc(CS(=O)(=O)N(C)C)c2)nc2c1C(=O)N(c1cnn(CCF)c1)C2(C)C. The number of hydrogen-bond donors (Lipinski definition) is 0. The number of alkyl halides is 1. The Morgan fingerprint density at radius 2 is 1.88 bits per heavy atom. The fourth-order valence-electron chi connectivity index (χ4n) is 4.17. The van der Waals surface area contributed by atoms with Crippen molar-refractivity contribution in [1.29, 1.82) is 0 Å². The Bertz CT molecular complexity index is 1370. The van der Waals surface area contributed by atoms with Crippen molar-refractivity contribution in [2.75, 3.05) is 25.7 Å². The largest absolute Gasteiger partial charge is 0.294 e. The van der Waals surface area contributed by atoms with Gasteiger partial charge in [-0.25, -0.2) is 22.1 Å². The van der Waals surface area contributed by atoms with E-state index in [9.17, 15) is 17.6 Å². The number of carbonyl (C=O) groups excluding carboxylic acids is 1. The molecule has 1 aliphatic rings. The summed E-state index contributed by atoms with van der Waals surface area (Å²) in [6, 6.07) is 3.56. The summed E-state index contributed by atoms with van der Waals surface area (Å²) in [7, 11) is -0.463. The van der Waals surface area contributed by atoms with E-state index in [1.54, 1.807) is 29.6 Å². The summed E-state index contributed by atoms with van der Waals surface area (Å²) < 4.78 is 40.0. The van der Waals surface area contributed by atoms with Crippen molar-refractivity contribution in [3.8, 4) is 11.3 Å². The lowest BCUT2D eigenvalue weighted by Crippen LogP contribution is -2.39. The predicted molar refractivity (Wildman–Crippen MR) is 127 cm³/mol.